The number of aromatic nitrogens is 1. The molecule has 1 aromatic heterocycles. The van der Waals surface area contributed by atoms with E-state index in [0.29, 0.717) is 5.96 Å². The number of rotatable bonds is 2. The van der Waals surface area contributed by atoms with E-state index in [-0.39, 0.29) is 35.7 Å². The first-order chi connectivity index (χ1) is 14.2. The van der Waals surface area contributed by atoms with Crippen LogP contribution < -0.4 is 27.0 Å². The molecular weight excluding hydrogens is 432 g/mol. The molecule has 1 heterocycles. The van der Waals surface area contributed by atoms with Crippen LogP contribution in [0, 0.1) is 0 Å². The third-order valence-electron chi connectivity index (χ3n) is 3.30. The predicted octanol–water partition coefficient (Wildman–Crippen LogP) is 2.85. The Morgan fingerprint density at radius 2 is 1.44 bits per heavy atom. The molecule has 0 saturated carbocycles. The van der Waals surface area contributed by atoms with Gasteiger partial charge in [-0.3, -0.25) is 9.98 Å². The van der Waals surface area contributed by atoms with Crippen LogP contribution in [0.25, 0.3) is 0 Å². The van der Waals surface area contributed by atoms with Crippen LogP contribution in [0.1, 0.15) is 36.6 Å². The van der Waals surface area contributed by atoms with Gasteiger partial charge in [0.05, 0.1) is 0 Å². The molecule has 0 spiro atoms. The molecule has 11 nitrogen and oxygen atoms in total. The van der Waals surface area contributed by atoms with Gasteiger partial charge in [0.2, 0.25) is 0 Å². The minimum absolute atomic E-state index is 0. The van der Waals surface area contributed by atoms with E-state index in [9.17, 15) is 4.79 Å². The lowest BCUT2D eigenvalue weighted by atomic mass is 10.5. The largest absolute Gasteiger partial charge is 0.373 e. The van der Waals surface area contributed by atoms with E-state index < -0.39 is 0 Å². The van der Waals surface area contributed by atoms with E-state index in [4.69, 9.17) is 5.73 Å². The highest BCUT2D eigenvalue weighted by molar-refractivity contribution is 5.78. The minimum Gasteiger partial charge on any atom is -0.373 e. The summed E-state index contributed by atoms with van der Waals surface area (Å²) in [7, 11) is 15.8. The zero-order valence-electron chi connectivity index (χ0n) is 20.2. The van der Waals surface area contributed by atoms with Crippen molar-refractivity contribution < 1.29 is 4.79 Å². The van der Waals surface area contributed by atoms with Crippen molar-refractivity contribution in [3.63, 3.8) is 0 Å². The van der Waals surface area contributed by atoms with Gasteiger partial charge in [0, 0.05) is 76.2 Å². The maximum Gasteiger partial charge on any atom is 0.319 e. The average molecular weight is 491 g/mol. The standard InChI is InChI=1S/C6H14N2O.C6H8N2.C4H11N3.C3H9N3.4CH4/c1-5-8(4)6(9)7(2)3;1-7-6-4-2-3-5-8-6;1-5-4(6-2)7-3;1-5-3(4)6-2;;;;/h5H2,1-4H3;2-5H,1H3,(H,7,8);1-3H3,(H2,5,6,7);1-2H3,(H3,4,5,6);4*1H4. The maximum atomic E-state index is 10.9. The topological polar surface area (TPSA) is 135 Å². The van der Waals surface area contributed by atoms with Gasteiger partial charge in [0.15, 0.2) is 11.9 Å². The summed E-state index contributed by atoms with van der Waals surface area (Å²) in [5, 5.41) is 11.2. The molecule has 1 aromatic rings. The van der Waals surface area contributed by atoms with Gasteiger partial charge >= 0.3 is 6.03 Å². The Morgan fingerprint density at radius 3 is 1.56 bits per heavy atom. The highest BCUT2D eigenvalue weighted by Crippen LogP contribution is 1.95. The smallest absolute Gasteiger partial charge is 0.319 e. The fourth-order valence-electron chi connectivity index (χ4n) is 1.45. The van der Waals surface area contributed by atoms with Crippen molar-refractivity contribution in [2.75, 3.05) is 75.3 Å². The Kier molecular flexibility index (Phi) is 48.8. The second-order valence-corrected chi connectivity index (χ2v) is 5.59. The molecule has 0 atom stereocenters. The van der Waals surface area contributed by atoms with Crippen molar-refractivity contribution >= 4 is 23.8 Å². The van der Waals surface area contributed by atoms with E-state index in [0.717, 1.165) is 18.3 Å². The number of aliphatic imine (C=N–C) groups is 2. The van der Waals surface area contributed by atoms with E-state index in [2.05, 4.69) is 36.2 Å². The SMILES string of the molecule is C.C.C.C.CCN(C)C(=O)N(C)C.CN=C(N)NC.CN=C(NC)NC.CNc1ccccn1. The second-order valence-electron chi connectivity index (χ2n) is 5.59. The molecule has 0 aliphatic heterocycles. The van der Waals surface area contributed by atoms with Crippen LogP contribution in [0.4, 0.5) is 10.6 Å². The molecular formula is C23H58N10O. The number of nitrogens with zero attached hydrogens (tertiary/aromatic N) is 5. The second kappa shape index (κ2) is 34.4. The van der Waals surface area contributed by atoms with Crippen LogP contribution in [0.5, 0.6) is 0 Å². The number of urea groups is 1. The van der Waals surface area contributed by atoms with Gasteiger partial charge in [-0.25, -0.2) is 9.78 Å². The lowest BCUT2D eigenvalue weighted by molar-refractivity contribution is 0.184. The molecule has 0 saturated heterocycles. The summed E-state index contributed by atoms with van der Waals surface area (Å²) in [5.74, 6) is 2.18. The van der Waals surface area contributed by atoms with Crippen molar-refractivity contribution in [2.24, 2.45) is 15.7 Å². The van der Waals surface area contributed by atoms with Gasteiger partial charge in [0.1, 0.15) is 5.82 Å². The van der Waals surface area contributed by atoms with E-state index in [1.807, 2.05) is 46.3 Å². The van der Waals surface area contributed by atoms with Gasteiger partial charge in [-0.05, 0) is 19.1 Å². The van der Waals surface area contributed by atoms with Crippen molar-refractivity contribution in [3.8, 4) is 0 Å². The van der Waals surface area contributed by atoms with Gasteiger partial charge in [-0.2, -0.15) is 0 Å². The summed E-state index contributed by atoms with van der Waals surface area (Å²) in [6.07, 6.45) is 1.76. The molecule has 0 unspecified atom stereocenters. The summed E-state index contributed by atoms with van der Waals surface area (Å²) < 4.78 is 0. The first kappa shape index (κ1) is 48.3. The molecule has 2 amide bonds. The van der Waals surface area contributed by atoms with Crippen LogP contribution in [0.2, 0.25) is 0 Å². The van der Waals surface area contributed by atoms with E-state index >= 15 is 0 Å². The van der Waals surface area contributed by atoms with Crippen molar-refractivity contribution in [2.45, 2.75) is 36.6 Å². The molecule has 0 aliphatic rings. The van der Waals surface area contributed by atoms with E-state index in [1.54, 1.807) is 58.3 Å². The Labute approximate surface area is 211 Å². The van der Waals surface area contributed by atoms with Crippen LogP contribution in [0.3, 0.4) is 0 Å². The zero-order valence-corrected chi connectivity index (χ0v) is 20.2. The van der Waals surface area contributed by atoms with Gasteiger partial charge in [-0.15, -0.1) is 0 Å². The first-order valence-corrected chi connectivity index (χ1v) is 9.42. The third kappa shape index (κ3) is 30.9. The Balaban J connectivity index is -0.0000000555. The summed E-state index contributed by atoms with van der Waals surface area (Å²) in [6, 6.07) is 5.80. The van der Waals surface area contributed by atoms with Crippen molar-refractivity contribution in [1.29, 1.82) is 0 Å². The number of carbonyl (C=O) groups excluding carboxylic acids is 1. The van der Waals surface area contributed by atoms with Crippen molar-refractivity contribution in [3.05, 3.63) is 24.4 Å². The van der Waals surface area contributed by atoms with Crippen LogP contribution >= 0.6 is 0 Å². The van der Waals surface area contributed by atoms with Crippen LogP contribution in [-0.4, -0.2) is 103 Å². The van der Waals surface area contributed by atoms with E-state index in [1.165, 1.54) is 0 Å². The molecule has 0 aliphatic carbocycles. The van der Waals surface area contributed by atoms with Crippen LogP contribution in [0.15, 0.2) is 34.4 Å². The molecule has 0 bridgehead atoms. The Bertz CT molecular complexity index is 572. The Morgan fingerprint density at radius 1 is 0.941 bits per heavy atom. The fraction of sp³-hybridized carbons (Fsp3) is 0.652. The number of hydrogen-bond acceptors (Lipinski definition) is 5. The van der Waals surface area contributed by atoms with Gasteiger partial charge in [-0.1, -0.05) is 35.8 Å². The molecule has 0 aromatic carbocycles. The highest BCUT2D eigenvalue weighted by Gasteiger charge is 2.06. The summed E-state index contributed by atoms with van der Waals surface area (Å²) in [6.45, 7) is 2.71. The maximum absolute atomic E-state index is 10.9. The number of nitrogens with one attached hydrogen (secondary N) is 4. The molecule has 6 N–H and O–H groups in total. The lowest BCUT2D eigenvalue weighted by Crippen LogP contribution is -2.35. The van der Waals surface area contributed by atoms with Crippen molar-refractivity contribution in [1.82, 2.24) is 30.7 Å². The monoisotopic (exact) mass is 490 g/mol. The fourth-order valence-corrected chi connectivity index (χ4v) is 1.45. The Hall–Kier alpha value is -3.24. The molecule has 0 fully saturated rings. The molecule has 11 heteroatoms. The third-order valence-corrected chi connectivity index (χ3v) is 3.30. The highest BCUT2D eigenvalue weighted by atomic mass is 16.2. The summed E-state index contributed by atoms with van der Waals surface area (Å²) in [5.41, 5.74) is 5.11. The number of amides is 2. The normalized spacial score (nSPS) is 7.88. The summed E-state index contributed by atoms with van der Waals surface area (Å²) >= 11 is 0. The molecule has 0 radical (unpaired) electrons. The predicted molar refractivity (Wildman–Crippen MR) is 156 cm³/mol. The van der Waals surface area contributed by atoms with Gasteiger partial charge < -0.3 is 36.8 Å². The summed E-state index contributed by atoms with van der Waals surface area (Å²) in [4.78, 5) is 25.5. The number of hydrogen-bond donors (Lipinski definition) is 5. The molecule has 1 rings (SSSR count). The minimum atomic E-state index is 0. The first-order valence-electron chi connectivity index (χ1n) is 9.42. The lowest BCUT2D eigenvalue weighted by Gasteiger charge is -2.19. The number of anilines is 1. The number of nitrogens with two attached hydrogens (primary N) is 1. The zero-order chi connectivity index (χ0) is 23.9. The molecule has 206 valence electrons. The number of pyridine rings is 1. The number of carbonyl (C=O) groups is 1. The van der Waals surface area contributed by atoms with Gasteiger partial charge in [0.25, 0.3) is 0 Å². The quantitative estimate of drug-likeness (QED) is 0.318. The molecule has 34 heavy (non-hydrogen) atoms. The number of guanidine groups is 2. The van der Waals surface area contributed by atoms with Crippen LogP contribution in [-0.2, 0) is 0 Å². The average Bonchev–Trinajstić information content (AvgIpc) is 2.80.